The Hall–Kier alpha value is -2.58. The topological polar surface area (TPSA) is 61.3 Å². The van der Waals surface area contributed by atoms with Crippen molar-refractivity contribution in [2.24, 2.45) is 0 Å². The van der Waals surface area contributed by atoms with Crippen LogP contribution in [0.25, 0.3) is 0 Å². The lowest BCUT2D eigenvalue weighted by Gasteiger charge is -2.19. The van der Waals surface area contributed by atoms with Gasteiger partial charge >= 0.3 is 12.4 Å². The Kier molecular flexibility index (Phi) is 4.06. The molecule has 23 heavy (non-hydrogen) atoms. The predicted octanol–water partition coefficient (Wildman–Crippen LogP) is 4.68. The molecular weight excluding hydrogens is 326 g/mol. The number of alkyl halides is 6. The minimum atomic E-state index is -4.94. The van der Waals surface area contributed by atoms with Crippen LogP contribution in [-0.4, -0.2) is 0 Å². The van der Waals surface area contributed by atoms with Gasteiger partial charge in [0.15, 0.2) is 0 Å². The minimum Gasteiger partial charge on any atom is -0.456 e. The van der Waals surface area contributed by atoms with Crippen molar-refractivity contribution in [1.29, 1.82) is 0 Å². The first-order valence-corrected chi connectivity index (χ1v) is 6.11. The van der Waals surface area contributed by atoms with Gasteiger partial charge in [-0.15, -0.1) is 0 Å². The molecule has 0 saturated heterocycles. The Labute approximate surface area is 126 Å². The molecular formula is C14H10F6N2O. The molecule has 9 heteroatoms. The quantitative estimate of drug-likeness (QED) is 0.618. The summed E-state index contributed by atoms with van der Waals surface area (Å²) in [6.07, 6.45) is -9.73. The zero-order valence-corrected chi connectivity index (χ0v) is 11.3. The highest BCUT2D eigenvalue weighted by molar-refractivity contribution is 5.72. The SMILES string of the molecule is Nc1ccc(Oc2ccccc2C(F)(F)F)c(C(F)(F)F)c1N. The molecule has 0 amide bonds. The molecule has 2 aromatic carbocycles. The fourth-order valence-corrected chi connectivity index (χ4v) is 1.90. The second-order valence-electron chi connectivity index (χ2n) is 4.54. The maximum Gasteiger partial charge on any atom is 0.422 e. The summed E-state index contributed by atoms with van der Waals surface area (Å²) in [5, 5.41) is 0. The smallest absolute Gasteiger partial charge is 0.422 e. The van der Waals surface area contributed by atoms with Gasteiger partial charge in [0.2, 0.25) is 0 Å². The van der Waals surface area contributed by atoms with Gasteiger partial charge in [0.05, 0.1) is 16.9 Å². The number of benzene rings is 2. The second kappa shape index (κ2) is 5.56. The summed E-state index contributed by atoms with van der Waals surface area (Å²) in [7, 11) is 0. The zero-order valence-electron chi connectivity index (χ0n) is 11.3. The molecule has 0 heterocycles. The van der Waals surface area contributed by atoms with Gasteiger partial charge in [0, 0.05) is 0 Å². The molecule has 0 aliphatic carbocycles. The van der Waals surface area contributed by atoms with Gasteiger partial charge in [-0.25, -0.2) is 0 Å². The highest BCUT2D eigenvalue weighted by Gasteiger charge is 2.39. The van der Waals surface area contributed by atoms with Crippen molar-refractivity contribution in [3.8, 4) is 11.5 Å². The van der Waals surface area contributed by atoms with Crippen LogP contribution in [0.1, 0.15) is 11.1 Å². The number of rotatable bonds is 2. The van der Waals surface area contributed by atoms with E-state index in [0.29, 0.717) is 6.07 Å². The lowest BCUT2D eigenvalue weighted by Crippen LogP contribution is -2.13. The molecule has 0 saturated carbocycles. The van der Waals surface area contributed by atoms with Crippen molar-refractivity contribution >= 4 is 11.4 Å². The number of nitrogens with two attached hydrogens (primary N) is 2. The third-order valence-electron chi connectivity index (χ3n) is 2.94. The molecule has 2 rings (SSSR count). The first-order valence-electron chi connectivity index (χ1n) is 6.11. The highest BCUT2D eigenvalue weighted by Crippen LogP contribution is 2.45. The van der Waals surface area contributed by atoms with Gasteiger partial charge in [-0.2, -0.15) is 26.3 Å². The molecule has 0 atom stereocenters. The Morgan fingerprint density at radius 3 is 1.91 bits per heavy atom. The van der Waals surface area contributed by atoms with Gasteiger partial charge in [-0.05, 0) is 24.3 Å². The Morgan fingerprint density at radius 1 is 0.739 bits per heavy atom. The summed E-state index contributed by atoms with van der Waals surface area (Å²) in [5.74, 6) is -1.63. The molecule has 0 aliphatic heterocycles. The van der Waals surface area contributed by atoms with E-state index in [2.05, 4.69) is 0 Å². The van der Waals surface area contributed by atoms with Crippen molar-refractivity contribution in [3.63, 3.8) is 0 Å². The summed E-state index contributed by atoms with van der Waals surface area (Å²) >= 11 is 0. The number of para-hydroxylation sites is 1. The molecule has 0 spiro atoms. The average molecular weight is 336 g/mol. The fraction of sp³-hybridized carbons (Fsp3) is 0.143. The highest BCUT2D eigenvalue weighted by atomic mass is 19.4. The Morgan fingerprint density at radius 2 is 1.35 bits per heavy atom. The number of hydrogen-bond acceptors (Lipinski definition) is 3. The van der Waals surface area contributed by atoms with E-state index in [1.165, 1.54) is 6.07 Å². The lowest BCUT2D eigenvalue weighted by atomic mass is 10.1. The number of nitrogen functional groups attached to an aromatic ring is 2. The predicted molar refractivity (Wildman–Crippen MR) is 71.8 cm³/mol. The number of halogens is 6. The first-order chi connectivity index (χ1) is 10.5. The summed E-state index contributed by atoms with van der Waals surface area (Å²) in [6.45, 7) is 0. The number of ether oxygens (including phenoxy) is 1. The number of hydrogen-bond donors (Lipinski definition) is 2. The van der Waals surface area contributed by atoms with Crippen molar-refractivity contribution in [2.75, 3.05) is 11.5 Å². The molecule has 4 N–H and O–H groups in total. The Balaban J connectivity index is 2.57. The van der Waals surface area contributed by atoms with Crippen LogP contribution in [0.2, 0.25) is 0 Å². The van der Waals surface area contributed by atoms with Crippen molar-refractivity contribution in [3.05, 3.63) is 47.5 Å². The van der Waals surface area contributed by atoms with Crippen LogP contribution in [-0.2, 0) is 12.4 Å². The van der Waals surface area contributed by atoms with E-state index < -0.39 is 40.7 Å². The standard InChI is InChI=1S/C14H10F6N2O/c15-13(16,17)7-3-1-2-4-9(7)23-10-6-5-8(21)12(22)11(10)14(18,19)20/h1-6H,21-22H2. The van der Waals surface area contributed by atoms with E-state index in [1.54, 1.807) is 0 Å². The molecule has 0 radical (unpaired) electrons. The lowest BCUT2D eigenvalue weighted by molar-refractivity contribution is -0.139. The van der Waals surface area contributed by atoms with E-state index in [9.17, 15) is 26.3 Å². The van der Waals surface area contributed by atoms with E-state index in [0.717, 1.165) is 24.3 Å². The summed E-state index contributed by atoms with van der Waals surface area (Å²) in [5.41, 5.74) is 6.83. The number of anilines is 2. The van der Waals surface area contributed by atoms with Gasteiger partial charge in [-0.1, -0.05) is 12.1 Å². The van der Waals surface area contributed by atoms with Crippen LogP contribution < -0.4 is 16.2 Å². The average Bonchev–Trinajstić information content (AvgIpc) is 2.41. The zero-order chi connectivity index (χ0) is 17.4. The fourth-order valence-electron chi connectivity index (χ4n) is 1.90. The van der Waals surface area contributed by atoms with Crippen LogP contribution in [0.15, 0.2) is 36.4 Å². The molecule has 0 fully saturated rings. The van der Waals surface area contributed by atoms with Crippen LogP contribution >= 0.6 is 0 Å². The van der Waals surface area contributed by atoms with Gasteiger partial charge in [0.25, 0.3) is 0 Å². The largest absolute Gasteiger partial charge is 0.456 e. The molecule has 124 valence electrons. The molecule has 2 aromatic rings. The molecule has 0 bridgehead atoms. The second-order valence-corrected chi connectivity index (χ2v) is 4.54. The van der Waals surface area contributed by atoms with Gasteiger partial charge in [0.1, 0.15) is 17.1 Å². The van der Waals surface area contributed by atoms with Crippen molar-refractivity contribution < 1.29 is 31.1 Å². The van der Waals surface area contributed by atoms with Crippen LogP contribution in [0.5, 0.6) is 11.5 Å². The van der Waals surface area contributed by atoms with Gasteiger partial charge < -0.3 is 16.2 Å². The normalized spacial score (nSPS) is 12.3. The third kappa shape index (κ3) is 3.43. The molecule has 3 nitrogen and oxygen atoms in total. The maximum absolute atomic E-state index is 13.1. The summed E-state index contributed by atoms with van der Waals surface area (Å²) in [4.78, 5) is 0. The van der Waals surface area contributed by atoms with Crippen LogP contribution in [0.4, 0.5) is 37.7 Å². The van der Waals surface area contributed by atoms with Crippen molar-refractivity contribution in [2.45, 2.75) is 12.4 Å². The third-order valence-corrected chi connectivity index (χ3v) is 2.94. The van der Waals surface area contributed by atoms with E-state index in [1.807, 2.05) is 0 Å². The monoisotopic (exact) mass is 336 g/mol. The minimum absolute atomic E-state index is 0.353. The van der Waals surface area contributed by atoms with E-state index >= 15 is 0 Å². The maximum atomic E-state index is 13.1. The van der Waals surface area contributed by atoms with E-state index in [4.69, 9.17) is 16.2 Å². The van der Waals surface area contributed by atoms with Gasteiger partial charge in [-0.3, -0.25) is 0 Å². The van der Waals surface area contributed by atoms with Crippen LogP contribution in [0.3, 0.4) is 0 Å². The molecule has 0 unspecified atom stereocenters. The first kappa shape index (κ1) is 16.8. The van der Waals surface area contributed by atoms with Crippen LogP contribution in [0, 0.1) is 0 Å². The summed E-state index contributed by atoms with van der Waals surface area (Å²) in [6, 6.07) is 5.76. The Bertz CT molecular complexity index is 724. The summed E-state index contributed by atoms with van der Waals surface area (Å²) < 4.78 is 82.8. The molecule has 0 aromatic heterocycles. The molecule has 0 aliphatic rings. The van der Waals surface area contributed by atoms with E-state index in [-0.39, 0.29) is 5.69 Å². The van der Waals surface area contributed by atoms with Crippen molar-refractivity contribution in [1.82, 2.24) is 0 Å².